The minimum Gasteiger partial charge on any atom is -0.318 e. The van der Waals surface area contributed by atoms with Gasteiger partial charge in [-0.15, -0.1) is 0 Å². The van der Waals surface area contributed by atoms with Gasteiger partial charge in [0.1, 0.15) is 0 Å². The minimum absolute atomic E-state index is 0.905. The fourth-order valence-corrected chi connectivity index (χ4v) is 2.17. The molecule has 2 aromatic rings. The normalized spacial score (nSPS) is 10.9. The van der Waals surface area contributed by atoms with Gasteiger partial charge in [-0.3, -0.25) is 4.68 Å². The van der Waals surface area contributed by atoms with Gasteiger partial charge in [0.25, 0.3) is 0 Å². The highest BCUT2D eigenvalue weighted by atomic mass is 15.3. The van der Waals surface area contributed by atoms with Gasteiger partial charge in [-0.1, -0.05) is 18.2 Å². The van der Waals surface area contributed by atoms with Crippen LogP contribution < -0.4 is 5.32 Å². The average Bonchev–Trinajstić information content (AvgIpc) is 2.71. The van der Waals surface area contributed by atoms with Crippen LogP contribution in [0.2, 0.25) is 0 Å². The number of nitrogens with one attached hydrogen (secondary N) is 1. The Hall–Kier alpha value is -1.61. The Morgan fingerprint density at radius 3 is 2.67 bits per heavy atom. The van der Waals surface area contributed by atoms with Gasteiger partial charge in [-0.2, -0.15) is 5.10 Å². The van der Waals surface area contributed by atoms with Gasteiger partial charge in [0.05, 0.1) is 12.2 Å². The highest BCUT2D eigenvalue weighted by Crippen LogP contribution is 2.27. The van der Waals surface area contributed by atoms with E-state index in [0.29, 0.717) is 0 Å². The molecule has 0 bridgehead atoms. The Kier molecular flexibility index (Phi) is 3.82. The van der Waals surface area contributed by atoms with Crippen molar-refractivity contribution in [1.82, 2.24) is 15.1 Å². The van der Waals surface area contributed by atoms with Crippen molar-refractivity contribution in [2.24, 2.45) is 0 Å². The molecular formula is C15H21N3. The molecule has 0 spiro atoms. The molecule has 0 saturated carbocycles. The summed E-state index contributed by atoms with van der Waals surface area (Å²) in [5, 5.41) is 7.72. The number of aromatic nitrogens is 2. The van der Waals surface area contributed by atoms with E-state index in [1.54, 1.807) is 0 Å². The molecule has 1 aromatic heterocycles. The second kappa shape index (κ2) is 5.36. The topological polar surface area (TPSA) is 29.9 Å². The number of nitrogens with zero attached hydrogens (tertiary/aromatic N) is 2. The summed E-state index contributed by atoms with van der Waals surface area (Å²) in [6.45, 7) is 8.25. The van der Waals surface area contributed by atoms with Crippen molar-refractivity contribution < 1.29 is 0 Å². The smallest absolute Gasteiger partial charge is 0.0672 e. The number of rotatable bonds is 4. The molecule has 1 N–H and O–H groups in total. The fraction of sp³-hybridized carbons (Fsp3) is 0.400. The molecular weight excluding hydrogens is 222 g/mol. The van der Waals surface area contributed by atoms with Crippen LogP contribution in [0.5, 0.6) is 0 Å². The molecule has 0 aliphatic heterocycles. The lowest BCUT2D eigenvalue weighted by Crippen LogP contribution is -2.15. The molecule has 96 valence electrons. The first-order chi connectivity index (χ1) is 8.63. The summed E-state index contributed by atoms with van der Waals surface area (Å²) >= 11 is 0. The molecule has 0 unspecified atom stereocenters. The first kappa shape index (κ1) is 12.8. The zero-order chi connectivity index (χ0) is 13.1. The Labute approximate surface area is 109 Å². The largest absolute Gasteiger partial charge is 0.318 e. The zero-order valence-electron chi connectivity index (χ0n) is 11.6. The third kappa shape index (κ3) is 2.46. The Balaban J connectivity index is 2.38. The molecule has 3 nitrogen and oxygen atoms in total. The summed E-state index contributed by atoms with van der Waals surface area (Å²) in [6, 6.07) is 6.44. The quantitative estimate of drug-likeness (QED) is 0.894. The van der Waals surface area contributed by atoms with Crippen LogP contribution in [0.3, 0.4) is 0 Å². The third-order valence-electron chi connectivity index (χ3n) is 3.43. The van der Waals surface area contributed by atoms with Crippen molar-refractivity contribution in [3.63, 3.8) is 0 Å². The third-order valence-corrected chi connectivity index (χ3v) is 3.43. The average molecular weight is 243 g/mol. The summed E-state index contributed by atoms with van der Waals surface area (Å²) in [6.07, 6.45) is 2.15. The molecule has 0 amide bonds. The van der Waals surface area contributed by atoms with Crippen molar-refractivity contribution in [3.05, 3.63) is 41.2 Å². The van der Waals surface area contributed by atoms with E-state index >= 15 is 0 Å². The van der Waals surface area contributed by atoms with Gasteiger partial charge in [0, 0.05) is 18.3 Å². The van der Waals surface area contributed by atoms with Crippen LogP contribution in [0.15, 0.2) is 24.4 Å². The van der Waals surface area contributed by atoms with E-state index in [-0.39, 0.29) is 0 Å². The predicted octanol–water partition coefficient (Wildman–Crippen LogP) is 2.69. The molecule has 0 fully saturated rings. The minimum atomic E-state index is 0.905. The monoisotopic (exact) mass is 243 g/mol. The van der Waals surface area contributed by atoms with E-state index in [1.165, 1.54) is 22.3 Å². The van der Waals surface area contributed by atoms with Crippen molar-refractivity contribution in [3.8, 4) is 11.1 Å². The molecule has 18 heavy (non-hydrogen) atoms. The van der Waals surface area contributed by atoms with Gasteiger partial charge in [-0.05, 0) is 44.5 Å². The highest BCUT2D eigenvalue weighted by Gasteiger charge is 2.10. The van der Waals surface area contributed by atoms with Gasteiger partial charge in [0.2, 0.25) is 0 Å². The maximum absolute atomic E-state index is 4.57. The van der Waals surface area contributed by atoms with Gasteiger partial charge in [-0.25, -0.2) is 0 Å². The van der Waals surface area contributed by atoms with E-state index < -0.39 is 0 Å². The number of aryl methyl sites for hydroxylation is 2. The van der Waals surface area contributed by atoms with Crippen molar-refractivity contribution >= 4 is 0 Å². The maximum atomic E-state index is 4.57. The van der Waals surface area contributed by atoms with Gasteiger partial charge >= 0.3 is 0 Å². The van der Waals surface area contributed by atoms with Gasteiger partial charge in [0.15, 0.2) is 0 Å². The van der Waals surface area contributed by atoms with Crippen LogP contribution in [-0.2, 0) is 6.54 Å². The number of hydrogen-bond donors (Lipinski definition) is 1. The lowest BCUT2D eigenvalue weighted by atomic mass is 9.98. The van der Waals surface area contributed by atoms with Crippen molar-refractivity contribution in [1.29, 1.82) is 0 Å². The molecule has 0 atom stereocenters. The van der Waals surface area contributed by atoms with E-state index in [2.05, 4.69) is 55.6 Å². The molecule has 1 heterocycles. The molecule has 0 radical (unpaired) electrons. The maximum Gasteiger partial charge on any atom is 0.0672 e. The second-order valence-electron chi connectivity index (χ2n) is 4.74. The van der Waals surface area contributed by atoms with Crippen LogP contribution in [0.25, 0.3) is 11.1 Å². The lowest BCUT2D eigenvalue weighted by Gasteiger charge is -2.07. The summed E-state index contributed by atoms with van der Waals surface area (Å²) in [5.74, 6) is 0. The predicted molar refractivity (Wildman–Crippen MR) is 75.8 cm³/mol. The van der Waals surface area contributed by atoms with E-state index in [0.717, 1.165) is 18.8 Å². The Bertz CT molecular complexity index is 541. The van der Waals surface area contributed by atoms with Crippen LogP contribution in [-0.4, -0.2) is 23.4 Å². The fourth-order valence-electron chi connectivity index (χ4n) is 2.17. The molecule has 0 aliphatic rings. The first-order valence-corrected chi connectivity index (χ1v) is 6.38. The summed E-state index contributed by atoms with van der Waals surface area (Å²) in [7, 11) is 1.96. The van der Waals surface area contributed by atoms with E-state index in [4.69, 9.17) is 0 Å². The number of hydrogen-bond acceptors (Lipinski definition) is 2. The number of likely N-dealkylation sites (N-methyl/N-ethyl adjacent to an activating group) is 1. The highest BCUT2D eigenvalue weighted by molar-refractivity contribution is 5.69. The molecule has 0 aliphatic carbocycles. The van der Waals surface area contributed by atoms with Gasteiger partial charge < -0.3 is 5.32 Å². The summed E-state index contributed by atoms with van der Waals surface area (Å²) in [4.78, 5) is 0. The van der Waals surface area contributed by atoms with Crippen LogP contribution in [0, 0.1) is 20.8 Å². The standard InChI is InChI=1S/C15H21N3/c1-11-6-5-7-14(12(11)2)15-10-18(9-8-16-4)17-13(15)3/h5-7,10,16H,8-9H2,1-4H3. The molecule has 1 aromatic carbocycles. The lowest BCUT2D eigenvalue weighted by molar-refractivity contribution is 0.581. The first-order valence-electron chi connectivity index (χ1n) is 6.38. The number of benzene rings is 1. The van der Waals surface area contributed by atoms with Crippen LogP contribution in [0.4, 0.5) is 0 Å². The molecule has 3 heteroatoms. The van der Waals surface area contributed by atoms with E-state index in [9.17, 15) is 0 Å². The van der Waals surface area contributed by atoms with Crippen LogP contribution in [0.1, 0.15) is 16.8 Å². The van der Waals surface area contributed by atoms with E-state index in [1.807, 2.05) is 11.7 Å². The Morgan fingerprint density at radius 1 is 1.17 bits per heavy atom. The van der Waals surface area contributed by atoms with Crippen molar-refractivity contribution in [2.75, 3.05) is 13.6 Å². The SMILES string of the molecule is CNCCn1cc(-c2cccc(C)c2C)c(C)n1. The van der Waals surface area contributed by atoms with Crippen LogP contribution >= 0.6 is 0 Å². The Morgan fingerprint density at radius 2 is 1.94 bits per heavy atom. The molecule has 0 saturated heterocycles. The zero-order valence-corrected chi connectivity index (χ0v) is 11.6. The second-order valence-corrected chi connectivity index (χ2v) is 4.74. The summed E-state index contributed by atoms with van der Waals surface area (Å²) in [5.41, 5.74) is 6.30. The summed E-state index contributed by atoms with van der Waals surface area (Å²) < 4.78 is 2.02. The van der Waals surface area contributed by atoms with Crippen molar-refractivity contribution in [2.45, 2.75) is 27.3 Å². The molecule has 2 rings (SSSR count).